The quantitative estimate of drug-likeness (QED) is 0.654. The lowest BCUT2D eigenvalue weighted by molar-refractivity contribution is 0.0622. The number of hydrogen-bond donors (Lipinski definition) is 1. The van der Waals surface area contributed by atoms with Crippen molar-refractivity contribution in [3.05, 3.63) is 0 Å². The van der Waals surface area contributed by atoms with Gasteiger partial charge >= 0.3 is 0 Å². The largest absolute Gasteiger partial charge is 0.394 e. The van der Waals surface area contributed by atoms with Gasteiger partial charge in [0.15, 0.2) is 0 Å². The van der Waals surface area contributed by atoms with Gasteiger partial charge in [0, 0.05) is 13.1 Å². The minimum absolute atomic E-state index is 0.136. The van der Waals surface area contributed by atoms with Crippen molar-refractivity contribution in [1.82, 2.24) is 4.90 Å². The average molecular weight is 201 g/mol. The van der Waals surface area contributed by atoms with Gasteiger partial charge in [-0.2, -0.15) is 0 Å². The van der Waals surface area contributed by atoms with E-state index in [2.05, 4.69) is 11.8 Å². The number of aliphatic hydroxyl groups excluding tert-OH is 1. The molecule has 3 nitrogen and oxygen atoms in total. The molecule has 1 saturated heterocycles. The van der Waals surface area contributed by atoms with Crippen molar-refractivity contribution in [1.29, 1.82) is 0 Å². The Morgan fingerprint density at radius 2 is 2.29 bits per heavy atom. The molecule has 0 aromatic rings. The molecular formula is C11H23NO2. The summed E-state index contributed by atoms with van der Waals surface area (Å²) < 4.78 is 5.26. The maximum Gasteiger partial charge on any atom is 0.0698 e. The van der Waals surface area contributed by atoms with Crippen molar-refractivity contribution in [3.8, 4) is 0 Å². The second kappa shape index (κ2) is 7.21. The van der Waals surface area contributed by atoms with Gasteiger partial charge in [0.2, 0.25) is 0 Å². The maximum absolute atomic E-state index is 8.54. The summed E-state index contributed by atoms with van der Waals surface area (Å²) in [5.41, 5.74) is 0. The van der Waals surface area contributed by atoms with Crippen molar-refractivity contribution >= 4 is 0 Å². The fourth-order valence-corrected chi connectivity index (χ4v) is 2.05. The van der Waals surface area contributed by atoms with Gasteiger partial charge in [-0.1, -0.05) is 13.3 Å². The fraction of sp³-hybridized carbons (Fsp3) is 1.00. The SMILES string of the molecule is CCC1CCCN(CCOCCO)C1. The smallest absolute Gasteiger partial charge is 0.0698 e. The number of hydrogen-bond acceptors (Lipinski definition) is 3. The molecule has 1 fully saturated rings. The number of nitrogens with zero attached hydrogens (tertiary/aromatic N) is 1. The summed E-state index contributed by atoms with van der Waals surface area (Å²) in [4.78, 5) is 2.48. The zero-order chi connectivity index (χ0) is 10.2. The van der Waals surface area contributed by atoms with Gasteiger partial charge in [-0.15, -0.1) is 0 Å². The number of aliphatic hydroxyl groups is 1. The van der Waals surface area contributed by atoms with Crippen molar-refractivity contribution in [2.24, 2.45) is 5.92 Å². The summed E-state index contributed by atoms with van der Waals surface area (Å²) in [5.74, 6) is 0.890. The van der Waals surface area contributed by atoms with Crippen molar-refractivity contribution < 1.29 is 9.84 Å². The maximum atomic E-state index is 8.54. The van der Waals surface area contributed by atoms with Crippen molar-refractivity contribution in [2.75, 3.05) is 39.5 Å². The van der Waals surface area contributed by atoms with Crippen LogP contribution in [0, 0.1) is 5.92 Å². The Morgan fingerprint density at radius 1 is 1.43 bits per heavy atom. The van der Waals surface area contributed by atoms with Gasteiger partial charge in [-0.05, 0) is 25.3 Å². The molecule has 1 rings (SSSR count). The van der Waals surface area contributed by atoms with Gasteiger partial charge in [-0.25, -0.2) is 0 Å². The molecule has 0 aromatic carbocycles. The lowest BCUT2D eigenvalue weighted by atomic mass is 9.96. The van der Waals surface area contributed by atoms with Crippen LogP contribution < -0.4 is 0 Å². The van der Waals surface area contributed by atoms with Crippen molar-refractivity contribution in [3.63, 3.8) is 0 Å². The number of likely N-dealkylation sites (tertiary alicyclic amines) is 1. The first kappa shape index (κ1) is 12.0. The highest BCUT2D eigenvalue weighted by Gasteiger charge is 2.17. The summed E-state index contributed by atoms with van der Waals surface area (Å²) in [6, 6.07) is 0. The third-order valence-electron chi connectivity index (χ3n) is 2.97. The van der Waals surface area contributed by atoms with E-state index in [9.17, 15) is 0 Å². The molecule has 1 atom stereocenters. The van der Waals surface area contributed by atoms with Crippen LogP contribution in [0.5, 0.6) is 0 Å². The minimum atomic E-state index is 0.136. The topological polar surface area (TPSA) is 32.7 Å². The van der Waals surface area contributed by atoms with Gasteiger partial charge < -0.3 is 14.7 Å². The number of ether oxygens (including phenoxy) is 1. The van der Waals surface area contributed by atoms with Crippen molar-refractivity contribution in [2.45, 2.75) is 26.2 Å². The van der Waals surface area contributed by atoms with E-state index in [1.807, 2.05) is 0 Å². The monoisotopic (exact) mass is 201 g/mol. The van der Waals surface area contributed by atoms with E-state index in [4.69, 9.17) is 9.84 Å². The molecule has 0 aliphatic carbocycles. The first-order valence-corrected chi connectivity index (χ1v) is 5.77. The summed E-state index contributed by atoms with van der Waals surface area (Å²) >= 11 is 0. The van der Waals surface area contributed by atoms with E-state index < -0.39 is 0 Å². The zero-order valence-corrected chi connectivity index (χ0v) is 9.24. The van der Waals surface area contributed by atoms with Gasteiger partial charge in [0.05, 0.1) is 19.8 Å². The molecule has 0 aromatic heterocycles. The third kappa shape index (κ3) is 4.40. The van der Waals surface area contributed by atoms with Crippen LogP contribution in [0.4, 0.5) is 0 Å². The summed E-state index contributed by atoms with van der Waals surface area (Å²) in [7, 11) is 0. The summed E-state index contributed by atoms with van der Waals surface area (Å²) in [6.45, 7) is 7.13. The van der Waals surface area contributed by atoms with Crippen LogP contribution in [0.3, 0.4) is 0 Å². The standard InChI is InChI=1S/C11H23NO2/c1-2-11-4-3-5-12(10-11)6-8-14-9-7-13/h11,13H,2-10H2,1H3. The van der Waals surface area contributed by atoms with E-state index >= 15 is 0 Å². The Morgan fingerprint density at radius 3 is 3.00 bits per heavy atom. The van der Waals surface area contributed by atoms with Crippen LogP contribution in [0.25, 0.3) is 0 Å². The molecular weight excluding hydrogens is 178 g/mol. The molecule has 14 heavy (non-hydrogen) atoms. The van der Waals surface area contributed by atoms with E-state index in [-0.39, 0.29) is 6.61 Å². The molecule has 1 aliphatic heterocycles. The van der Waals surface area contributed by atoms with Crippen LogP contribution in [0.15, 0.2) is 0 Å². The second-order valence-electron chi connectivity index (χ2n) is 4.05. The van der Waals surface area contributed by atoms with Crippen LogP contribution in [0.2, 0.25) is 0 Å². The Labute approximate surface area is 87.1 Å². The molecule has 0 spiro atoms. The Hall–Kier alpha value is -0.120. The Balaban J connectivity index is 2.05. The molecule has 0 saturated carbocycles. The molecule has 0 bridgehead atoms. The first-order chi connectivity index (χ1) is 6.86. The van der Waals surface area contributed by atoms with Gasteiger partial charge in [-0.3, -0.25) is 0 Å². The highest BCUT2D eigenvalue weighted by Crippen LogP contribution is 2.18. The van der Waals surface area contributed by atoms with E-state index in [0.29, 0.717) is 6.61 Å². The van der Waals surface area contributed by atoms with E-state index in [1.165, 1.54) is 32.4 Å². The van der Waals surface area contributed by atoms with Gasteiger partial charge in [0.1, 0.15) is 0 Å². The van der Waals surface area contributed by atoms with Crippen LogP contribution in [-0.2, 0) is 4.74 Å². The summed E-state index contributed by atoms with van der Waals surface area (Å²) in [6.07, 6.45) is 4.02. The second-order valence-corrected chi connectivity index (χ2v) is 4.05. The Kier molecular flexibility index (Phi) is 6.15. The normalized spacial score (nSPS) is 24.0. The van der Waals surface area contributed by atoms with E-state index in [0.717, 1.165) is 19.1 Å². The lowest BCUT2D eigenvalue weighted by Gasteiger charge is -2.31. The van der Waals surface area contributed by atoms with E-state index in [1.54, 1.807) is 0 Å². The van der Waals surface area contributed by atoms with Gasteiger partial charge in [0.25, 0.3) is 0 Å². The average Bonchev–Trinajstić information content (AvgIpc) is 2.25. The Bertz CT molecular complexity index is 141. The molecule has 1 unspecified atom stereocenters. The molecule has 1 heterocycles. The van der Waals surface area contributed by atoms with Crippen LogP contribution >= 0.6 is 0 Å². The van der Waals surface area contributed by atoms with Crippen LogP contribution in [-0.4, -0.2) is 49.5 Å². The predicted octanol–water partition coefficient (Wildman–Crippen LogP) is 1.12. The predicted molar refractivity (Wildman–Crippen MR) is 57.4 cm³/mol. The minimum Gasteiger partial charge on any atom is -0.394 e. The first-order valence-electron chi connectivity index (χ1n) is 5.77. The molecule has 84 valence electrons. The lowest BCUT2D eigenvalue weighted by Crippen LogP contribution is -2.37. The highest BCUT2D eigenvalue weighted by atomic mass is 16.5. The number of rotatable bonds is 6. The summed E-state index contributed by atoms with van der Waals surface area (Å²) in [5, 5.41) is 8.54. The fourth-order valence-electron chi connectivity index (χ4n) is 2.05. The molecule has 3 heteroatoms. The highest BCUT2D eigenvalue weighted by molar-refractivity contribution is 4.71. The molecule has 1 N–H and O–H groups in total. The zero-order valence-electron chi connectivity index (χ0n) is 9.24. The van der Waals surface area contributed by atoms with Crippen LogP contribution in [0.1, 0.15) is 26.2 Å². The molecule has 0 amide bonds. The molecule has 1 aliphatic rings. The molecule has 0 radical (unpaired) electrons. The number of piperidine rings is 1. The third-order valence-corrected chi connectivity index (χ3v) is 2.97.